The van der Waals surface area contributed by atoms with Crippen molar-refractivity contribution in [2.45, 2.75) is 31.3 Å². The van der Waals surface area contributed by atoms with Crippen molar-refractivity contribution in [3.05, 3.63) is 0 Å². The monoisotopic (exact) mass is 198 g/mol. The molecule has 3 N–H and O–H groups in total. The Labute approximate surface area is 81.9 Å². The maximum atomic E-state index is 11.7. The van der Waals surface area contributed by atoms with Gasteiger partial charge in [-0.25, -0.2) is 4.79 Å². The van der Waals surface area contributed by atoms with Gasteiger partial charge in [-0.15, -0.1) is 0 Å². The molecule has 1 aliphatic carbocycles. The summed E-state index contributed by atoms with van der Waals surface area (Å²) in [7, 11) is 0. The third kappa shape index (κ3) is 1.59. The van der Waals surface area contributed by atoms with Crippen LogP contribution in [0.15, 0.2) is 0 Å². The van der Waals surface area contributed by atoms with E-state index in [-0.39, 0.29) is 17.9 Å². The molecule has 1 saturated carbocycles. The molecular weight excluding hydrogens is 184 g/mol. The third-order valence-corrected chi connectivity index (χ3v) is 2.83. The smallest absolute Gasteiger partial charge is 0.326 e. The first-order valence-electron chi connectivity index (χ1n) is 4.88. The predicted octanol–water partition coefficient (Wildman–Crippen LogP) is -0.591. The number of carbonyl (C=O) groups excluding carboxylic acids is 1. The summed E-state index contributed by atoms with van der Waals surface area (Å²) in [6.07, 6.45) is 2.18. The number of rotatable bonds is 2. The van der Waals surface area contributed by atoms with Crippen LogP contribution in [-0.2, 0) is 9.59 Å². The summed E-state index contributed by atoms with van der Waals surface area (Å²) in [5, 5.41) is 8.90. The minimum absolute atomic E-state index is 0.0228. The fraction of sp³-hybridized carbons (Fsp3) is 0.778. The first-order chi connectivity index (χ1) is 6.59. The standard InChI is InChI=1S/C9H14N2O3/c10-6-3-7(9(13)14)11(4-6)8(12)5-1-2-5/h5-7H,1-4,10H2,(H,13,14). The Hall–Kier alpha value is -1.10. The Kier molecular flexibility index (Phi) is 2.19. The van der Waals surface area contributed by atoms with Gasteiger partial charge in [-0.3, -0.25) is 4.79 Å². The Morgan fingerprint density at radius 1 is 1.36 bits per heavy atom. The van der Waals surface area contributed by atoms with Crippen molar-refractivity contribution < 1.29 is 14.7 Å². The number of hydrogen-bond acceptors (Lipinski definition) is 3. The summed E-state index contributed by atoms with van der Waals surface area (Å²) < 4.78 is 0. The highest BCUT2D eigenvalue weighted by Gasteiger charge is 2.43. The lowest BCUT2D eigenvalue weighted by atomic mass is 10.2. The van der Waals surface area contributed by atoms with Gasteiger partial charge >= 0.3 is 5.97 Å². The molecule has 0 radical (unpaired) electrons. The van der Waals surface area contributed by atoms with Crippen LogP contribution >= 0.6 is 0 Å². The van der Waals surface area contributed by atoms with Gasteiger partial charge in [-0.2, -0.15) is 0 Å². The third-order valence-electron chi connectivity index (χ3n) is 2.83. The zero-order valence-corrected chi connectivity index (χ0v) is 7.85. The fourth-order valence-corrected chi connectivity index (χ4v) is 1.91. The molecule has 2 rings (SSSR count). The van der Waals surface area contributed by atoms with Crippen LogP contribution in [0.2, 0.25) is 0 Å². The number of nitrogens with two attached hydrogens (primary N) is 1. The summed E-state index contributed by atoms with van der Waals surface area (Å²) >= 11 is 0. The second kappa shape index (κ2) is 3.24. The summed E-state index contributed by atoms with van der Waals surface area (Å²) in [6, 6.07) is -0.878. The largest absolute Gasteiger partial charge is 0.480 e. The first kappa shape index (κ1) is 9.45. The van der Waals surface area contributed by atoms with Gasteiger partial charge in [0.05, 0.1) is 0 Å². The van der Waals surface area contributed by atoms with Gasteiger partial charge in [0, 0.05) is 18.5 Å². The van der Waals surface area contributed by atoms with E-state index >= 15 is 0 Å². The molecule has 2 aliphatic rings. The van der Waals surface area contributed by atoms with E-state index in [4.69, 9.17) is 10.8 Å². The Bertz CT molecular complexity index is 275. The van der Waals surface area contributed by atoms with E-state index in [1.807, 2.05) is 0 Å². The molecule has 0 bridgehead atoms. The molecule has 5 heteroatoms. The van der Waals surface area contributed by atoms with Crippen molar-refractivity contribution >= 4 is 11.9 Å². The molecule has 2 unspecified atom stereocenters. The van der Waals surface area contributed by atoms with Crippen LogP contribution in [-0.4, -0.2) is 40.5 Å². The molecule has 0 aromatic heterocycles. The second-order valence-electron chi connectivity index (χ2n) is 4.11. The van der Waals surface area contributed by atoms with Crippen LogP contribution in [0.25, 0.3) is 0 Å². The van der Waals surface area contributed by atoms with E-state index in [2.05, 4.69) is 0 Å². The molecule has 14 heavy (non-hydrogen) atoms. The Balaban J connectivity index is 2.07. The molecular formula is C9H14N2O3. The van der Waals surface area contributed by atoms with Crippen molar-refractivity contribution in [1.82, 2.24) is 4.90 Å². The molecule has 1 amide bonds. The minimum Gasteiger partial charge on any atom is -0.480 e. The highest BCUT2D eigenvalue weighted by Crippen LogP contribution is 2.33. The zero-order valence-electron chi connectivity index (χ0n) is 7.85. The molecule has 0 spiro atoms. The number of carbonyl (C=O) groups is 2. The molecule has 5 nitrogen and oxygen atoms in total. The Morgan fingerprint density at radius 3 is 2.50 bits per heavy atom. The van der Waals surface area contributed by atoms with Crippen molar-refractivity contribution in [3.8, 4) is 0 Å². The van der Waals surface area contributed by atoms with Crippen molar-refractivity contribution in [1.29, 1.82) is 0 Å². The van der Waals surface area contributed by atoms with Gasteiger partial charge in [-0.1, -0.05) is 0 Å². The van der Waals surface area contributed by atoms with E-state index in [9.17, 15) is 9.59 Å². The highest BCUT2D eigenvalue weighted by atomic mass is 16.4. The van der Waals surface area contributed by atoms with Crippen LogP contribution in [0, 0.1) is 5.92 Å². The molecule has 78 valence electrons. The van der Waals surface area contributed by atoms with Gasteiger partial charge in [-0.05, 0) is 19.3 Å². The van der Waals surface area contributed by atoms with Gasteiger partial charge in [0.25, 0.3) is 0 Å². The van der Waals surface area contributed by atoms with Gasteiger partial charge in [0.2, 0.25) is 5.91 Å². The average molecular weight is 198 g/mol. The number of amides is 1. The fourth-order valence-electron chi connectivity index (χ4n) is 1.91. The Morgan fingerprint density at radius 2 is 2.00 bits per heavy atom. The predicted molar refractivity (Wildman–Crippen MR) is 48.5 cm³/mol. The molecule has 2 fully saturated rings. The van der Waals surface area contributed by atoms with E-state index in [1.54, 1.807) is 0 Å². The SMILES string of the molecule is NC1CC(C(=O)O)N(C(=O)C2CC2)C1. The lowest BCUT2D eigenvalue weighted by molar-refractivity contribution is -0.148. The van der Waals surface area contributed by atoms with Crippen LogP contribution in [0.4, 0.5) is 0 Å². The zero-order chi connectivity index (χ0) is 10.3. The number of carboxylic acid groups (broad SMARTS) is 1. The number of aliphatic carboxylic acids is 1. The molecule has 2 atom stereocenters. The van der Waals surface area contributed by atoms with Crippen LogP contribution in [0.3, 0.4) is 0 Å². The molecule has 0 aromatic carbocycles. The topological polar surface area (TPSA) is 83.6 Å². The normalized spacial score (nSPS) is 31.9. The summed E-state index contributed by atoms with van der Waals surface area (Å²) in [5.74, 6) is -0.889. The maximum absolute atomic E-state index is 11.7. The summed E-state index contributed by atoms with van der Waals surface area (Å²) in [6.45, 7) is 0.395. The van der Waals surface area contributed by atoms with Gasteiger partial charge in [0.15, 0.2) is 0 Å². The summed E-state index contributed by atoms with van der Waals surface area (Å²) in [5.41, 5.74) is 5.65. The van der Waals surface area contributed by atoms with Crippen molar-refractivity contribution in [2.75, 3.05) is 6.54 Å². The lowest BCUT2D eigenvalue weighted by Crippen LogP contribution is -2.41. The quantitative estimate of drug-likeness (QED) is 0.621. The van der Waals surface area contributed by atoms with Crippen LogP contribution in [0.5, 0.6) is 0 Å². The van der Waals surface area contributed by atoms with E-state index < -0.39 is 12.0 Å². The lowest BCUT2D eigenvalue weighted by Gasteiger charge is -2.20. The van der Waals surface area contributed by atoms with Crippen LogP contribution < -0.4 is 5.73 Å². The number of likely N-dealkylation sites (tertiary alicyclic amines) is 1. The van der Waals surface area contributed by atoms with E-state index in [0.29, 0.717) is 13.0 Å². The maximum Gasteiger partial charge on any atom is 0.326 e. The first-order valence-corrected chi connectivity index (χ1v) is 4.88. The highest BCUT2D eigenvalue weighted by molar-refractivity contribution is 5.87. The van der Waals surface area contributed by atoms with Gasteiger partial charge < -0.3 is 15.7 Å². The molecule has 0 aromatic rings. The number of nitrogens with zero attached hydrogens (tertiary/aromatic N) is 1. The summed E-state index contributed by atoms with van der Waals surface area (Å²) in [4.78, 5) is 24.0. The van der Waals surface area contributed by atoms with Crippen molar-refractivity contribution in [2.24, 2.45) is 11.7 Å². The number of hydrogen-bond donors (Lipinski definition) is 2. The molecule has 1 saturated heterocycles. The van der Waals surface area contributed by atoms with E-state index in [1.165, 1.54) is 4.90 Å². The van der Waals surface area contributed by atoms with Crippen LogP contribution in [0.1, 0.15) is 19.3 Å². The van der Waals surface area contributed by atoms with Crippen molar-refractivity contribution in [3.63, 3.8) is 0 Å². The number of carboxylic acids is 1. The second-order valence-corrected chi connectivity index (χ2v) is 4.11. The van der Waals surface area contributed by atoms with E-state index in [0.717, 1.165) is 12.8 Å². The van der Waals surface area contributed by atoms with Gasteiger partial charge in [0.1, 0.15) is 6.04 Å². The average Bonchev–Trinajstić information content (AvgIpc) is 2.87. The molecule has 1 aliphatic heterocycles. The minimum atomic E-state index is -0.938. The molecule has 1 heterocycles.